The monoisotopic (exact) mass is 196 g/mol. The summed E-state index contributed by atoms with van der Waals surface area (Å²) in [6, 6.07) is 0. The quantitative estimate of drug-likeness (QED) is 0.689. The molecule has 0 radical (unpaired) electrons. The van der Waals surface area contributed by atoms with Crippen molar-refractivity contribution in [3.8, 4) is 0 Å². The van der Waals surface area contributed by atoms with E-state index >= 15 is 0 Å². The highest BCUT2D eigenvalue weighted by Crippen LogP contribution is 2.16. The fraction of sp³-hybridized carbons (Fsp3) is 0.778. The Hall–Kier alpha value is -1.26. The lowest BCUT2D eigenvalue weighted by atomic mass is 9.93. The van der Waals surface area contributed by atoms with E-state index in [-0.39, 0.29) is 0 Å². The van der Waals surface area contributed by atoms with Crippen LogP contribution in [0.15, 0.2) is 0 Å². The van der Waals surface area contributed by atoms with Gasteiger partial charge in [-0.2, -0.15) is 0 Å². The summed E-state index contributed by atoms with van der Waals surface area (Å²) in [6.45, 7) is 4.23. The minimum absolute atomic E-state index is 0.443. The van der Waals surface area contributed by atoms with E-state index in [9.17, 15) is 4.79 Å². The smallest absolute Gasteiger partial charge is 0.148 e. The second-order valence-electron chi connectivity index (χ2n) is 3.90. The van der Waals surface area contributed by atoms with Crippen molar-refractivity contribution in [3.63, 3.8) is 0 Å². The van der Waals surface area contributed by atoms with Gasteiger partial charge in [0.05, 0.1) is 0 Å². The first kappa shape index (κ1) is 10.8. The van der Waals surface area contributed by atoms with Crippen molar-refractivity contribution in [2.45, 2.75) is 33.1 Å². The molecule has 1 N–H and O–H groups in total. The normalized spacial score (nSPS) is 15.0. The van der Waals surface area contributed by atoms with Gasteiger partial charge in [-0.25, -0.2) is 5.10 Å². The molecular weight excluding hydrogens is 180 g/mol. The van der Waals surface area contributed by atoms with E-state index < -0.39 is 0 Å². The summed E-state index contributed by atoms with van der Waals surface area (Å²) in [5.41, 5.74) is 0. The van der Waals surface area contributed by atoms with Crippen molar-refractivity contribution < 1.29 is 4.79 Å². The topological polar surface area (TPSA) is 71.5 Å². The third kappa shape index (κ3) is 3.64. The number of tetrazole rings is 1. The average Bonchev–Trinajstić information content (AvgIpc) is 2.56. The molecule has 14 heavy (non-hydrogen) atoms. The molecule has 2 unspecified atom stereocenters. The number of carbonyl (C=O) groups excluding carboxylic acids is 1. The lowest BCUT2D eigenvalue weighted by molar-refractivity contribution is -0.108. The van der Waals surface area contributed by atoms with Gasteiger partial charge in [0, 0.05) is 12.8 Å². The van der Waals surface area contributed by atoms with Crippen LogP contribution in [0, 0.1) is 11.8 Å². The first-order chi connectivity index (χ1) is 6.72. The van der Waals surface area contributed by atoms with Gasteiger partial charge in [-0.15, -0.1) is 5.10 Å². The molecular formula is C9H16N4O. The van der Waals surface area contributed by atoms with E-state index in [1.165, 1.54) is 0 Å². The van der Waals surface area contributed by atoms with Crippen LogP contribution in [-0.4, -0.2) is 26.9 Å². The van der Waals surface area contributed by atoms with Gasteiger partial charge in [0.1, 0.15) is 12.1 Å². The van der Waals surface area contributed by atoms with Crippen LogP contribution in [0.4, 0.5) is 0 Å². The van der Waals surface area contributed by atoms with Crippen LogP contribution in [0.25, 0.3) is 0 Å². The highest BCUT2D eigenvalue weighted by molar-refractivity contribution is 5.49. The third-order valence-corrected chi connectivity index (χ3v) is 2.23. The highest BCUT2D eigenvalue weighted by atomic mass is 16.1. The summed E-state index contributed by atoms with van der Waals surface area (Å²) in [5.74, 6) is 1.76. The molecule has 1 heterocycles. The van der Waals surface area contributed by atoms with Crippen LogP contribution in [0.5, 0.6) is 0 Å². The Morgan fingerprint density at radius 2 is 2.21 bits per heavy atom. The third-order valence-electron chi connectivity index (χ3n) is 2.23. The second-order valence-corrected chi connectivity index (χ2v) is 3.90. The largest absolute Gasteiger partial charge is 0.303 e. The van der Waals surface area contributed by atoms with Crippen LogP contribution >= 0.6 is 0 Å². The molecule has 1 aromatic rings. The van der Waals surface area contributed by atoms with Gasteiger partial charge in [0.25, 0.3) is 0 Å². The van der Waals surface area contributed by atoms with E-state index in [0.717, 1.165) is 25.0 Å². The molecule has 0 saturated carbocycles. The number of hydrogen-bond donors (Lipinski definition) is 1. The number of nitrogens with one attached hydrogen (secondary N) is 1. The molecule has 0 amide bonds. The lowest BCUT2D eigenvalue weighted by Crippen LogP contribution is -2.07. The number of aromatic nitrogens is 4. The van der Waals surface area contributed by atoms with Crippen LogP contribution < -0.4 is 0 Å². The molecule has 0 spiro atoms. The molecule has 0 aliphatic rings. The Balaban J connectivity index is 2.28. The zero-order chi connectivity index (χ0) is 10.4. The predicted molar refractivity (Wildman–Crippen MR) is 51.5 cm³/mol. The first-order valence-electron chi connectivity index (χ1n) is 4.88. The zero-order valence-electron chi connectivity index (χ0n) is 8.60. The number of hydrogen-bond acceptors (Lipinski definition) is 4. The van der Waals surface area contributed by atoms with Gasteiger partial charge in [-0.1, -0.05) is 13.8 Å². The van der Waals surface area contributed by atoms with E-state index in [1.807, 2.05) is 0 Å². The van der Waals surface area contributed by atoms with E-state index in [2.05, 4.69) is 34.5 Å². The Morgan fingerprint density at radius 3 is 2.79 bits per heavy atom. The first-order valence-corrected chi connectivity index (χ1v) is 4.88. The average molecular weight is 196 g/mol. The van der Waals surface area contributed by atoms with Crippen molar-refractivity contribution >= 4 is 6.29 Å². The van der Waals surface area contributed by atoms with Gasteiger partial charge in [0.15, 0.2) is 0 Å². The fourth-order valence-electron chi connectivity index (χ4n) is 1.63. The summed E-state index contributed by atoms with van der Waals surface area (Å²) in [4.78, 5) is 10.3. The maximum atomic E-state index is 10.3. The number of aldehydes is 1. The number of nitrogens with zero attached hydrogens (tertiary/aromatic N) is 3. The maximum Gasteiger partial charge on any atom is 0.148 e. The molecule has 0 aliphatic heterocycles. The molecule has 5 nitrogen and oxygen atoms in total. The summed E-state index contributed by atoms with van der Waals surface area (Å²) < 4.78 is 0. The highest BCUT2D eigenvalue weighted by Gasteiger charge is 2.10. The van der Waals surface area contributed by atoms with Crippen molar-refractivity contribution in [2.75, 3.05) is 0 Å². The summed E-state index contributed by atoms with van der Waals surface area (Å²) in [5, 5.41) is 13.6. The molecule has 1 rings (SSSR count). The molecule has 5 heteroatoms. The molecule has 0 saturated heterocycles. The van der Waals surface area contributed by atoms with Crippen molar-refractivity contribution in [3.05, 3.63) is 5.82 Å². The predicted octanol–water partition coefficient (Wildman–Crippen LogP) is 0.993. The summed E-state index contributed by atoms with van der Waals surface area (Å²) in [7, 11) is 0. The number of rotatable bonds is 6. The minimum Gasteiger partial charge on any atom is -0.303 e. The van der Waals surface area contributed by atoms with Gasteiger partial charge in [-0.3, -0.25) is 0 Å². The Kier molecular flexibility index (Phi) is 4.22. The molecule has 0 fully saturated rings. The van der Waals surface area contributed by atoms with E-state index in [4.69, 9.17) is 0 Å². The molecule has 0 aliphatic carbocycles. The van der Waals surface area contributed by atoms with Crippen LogP contribution in [0.3, 0.4) is 0 Å². The SMILES string of the molecule is CC(CC=O)CC(C)Cc1nnn[nH]1. The van der Waals surface area contributed by atoms with Crippen LogP contribution in [0.2, 0.25) is 0 Å². The number of H-pyrrole nitrogens is 1. The lowest BCUT2D eigenvalue weighted by Gasteiger charge is -2.13. The summed E-state index contributed by atoms with van der Waals surface area (Å²) in [6.07, 6.45) is 3.49. The maximum absolute atomic E-state index is 10.3. The summed E-state index contributed by atoms with van der Waals surface area (Å²) >= 11 is 0. The van der Waals surface area contributed by atoms with Gasteiger partial charge >= 0.3 is 0 Å². The van der Waals surface area contributed by atoms with Gasteiger partial charge in [0.2, 0.25) is 0 Å². The number of carbonyl (C=O) groups is 1. The molecule has 78 valence electrons. The minimum atomic E-state index is 0.443. The number of aromatic amines is 1. The van der Waals surface area contributed by atoms with Crippen molar-refractivity contribution in [1.82, 2.24) is 20.6 Å². The molecule has 1 aromatic heterocycles. The van der Waals surface area contributed by atoms with Gasteiger partial charge in [-0.05, 0) is 28.7 Å². The van der Waals surface area contributed by atoms with E-state index in [0.29, 0.717) is 18.3 Å². The van der Waals surface area contributed by atoms with Crippen molar-refractivity contribution in [2.24, 2.45) is 11.8 Å². The van der Waals surface area contributed by atoms with E-state index in [1.54, 1.807) is 0 Å². The molecule has 2 atom stereocenters. The second kappa shape index (κ2) is 5.47. The van der Waals surface area contributed by atoms with Crippen LogP contribution in [-0.2, 0) is 11.2 Å². The fourth-order valence-corrected chi connectivity index (χ4v) is 1.63. The Morgan fingerprint density at radius 1 is 1.43 bits per heavy atom. The Bertz CT molecular complexity index is 260. The van der Waals surface area contributed by atoms with Gasteiger partial charge < -0.3 is 4.79 Å². The molecule has 0 aromatic carbocycles. The molecule has 0 bridgehead atoms. The zero-order valence-corrected chi connectivity index (χ0v) is 8.60. The Labute approximate surface area is 83.3 Å². The van der Waals surface area contributed by atoms with Crippen LogP contribution in [0.1, 0.15) is 32.5 Å². The standard InChI is InChI=1S/C9H16N4O/c1-7(3-4-14)5-8(2)6-9-10-12-13-11-9/h4,7-8H,3,5-6H2,1-2H3,(H,10,11,12,13). The van der Waals surface area contributed by atoms with Crippen molar-refractivity contribution in [1.29, 1.82) is 0 Å².